The molecule has 0 radical (unpaired) electrons. The van der Waals surface area contributed by atoms with Gasteiger partial charge in [-0.3, -0.25) is 9.59 Å². The summed E-state index contributed by atoms with van der Waals surface area (Å²) in [6.07, 6.45) is 1.69. The predicted molar refractivity (Wildman–Crippen MR) is 80.8 cm³/mol. The van der Waals surface area contributed by atoms with E-state index in [1.165, 1.54) is 6.20 Å². The Bertz CT molecular complexity index is 670. The minimum Gasteiger partial charge on any atom is -0.397 e. The van der Waals surface area contributed by atoms with Crippen molar-refractivity contribution < 1.29 is 9.59 Å². The molecule has 4 N–H and O–H groups in total. The lowest BCUT2D eigenvalue weighted by Crippen LogP contribution is -2.22. The van der Waals surface area contributed by atoms with Crippen LogP contribution < -0.4 is 16.4 Å². The first-order chi connectivity index (χ1) is 10.1. The number of nitrogens with two attached hydrogens (primary N) is 1. The van der Waals surface area contributed by atoms with Gasteiger partial charge in [-0.1, -0.05) is 18.2 Å². The maximum Gasteiger partial charge on any atom is 0.276 e. The lowest BCUT2D eigenvalue weighted by atomic mass is 10.1. The Hall–Kier alpha value is -2.89. The molecular weight excluding hydrogens is 268 g/mol. The van der Waals surface area contributed by atoms with Gasteiger partial charge in [0.25, 0.3) is 5.91 Å². The molecule has 1 aromatic carbocycles. The molecule has 2 aromatic rings. The van der Waals surface area contributed by atoms with Crippen LogP contribution in [-0.4, -0.2) is 23.8 Å². The van der Waals surface area contributed by atoms with Crippen molar-refractivity contribution in [2.75, 3.05) is 18.1 Å². The van der Waals surface area contributed by atoms with E-state index in [4.69, 9.17) is 5.73 Å². The monoisotopic (exact) mass is 284 g/mol. The van der Waals surface area contributed by atoms with Crippen LogP contribution in [0.4, 0.5) is 11.4 Å². The van der Waals surface area contributed by atoms with Crippen molar-refractivity contribution in [1.29, 1.82) is 0 Å². The smallest absolute Gasteiger partial charge is 0.276 e. The highest BCUT2D eigenvalue weighted by molar-refractivity contribution is 6.06. The maximum absolute atomic E-state index is 12.2. The molecule has 21 heavy (non-hydrogen) atoms. The molecule has 2 amide bonds. The van der Waals surface area contributed by atoms with Gasteiger partial charge in [0, 0.05) is 18.9 Å². The van der Waals surface area contributed by atoms with Gasteiger partial charge in [0.2, 0.25) is 5.91 Å². The molecule has 0 aliphatic carbocycles. The zero-order valence-electron chi connectivity index (χ0n) is 11.6. The highest BCUT2D eigenvalue weighted by atomic mass is 16.2. The minimum absolute atomic E-state index is 0.131. The van der Waals surface area contributed by atoms with Gasteiger partial charge in [0.15, 0.2) is 5.69 Å². The van der Waals surface area contributed by atoms with Crippen LogP contribution in [0.2, 0.25) is 0 Å². The van der Waals surface area contributed by atoms with E-state index in [9.17, 15) is 9.59 Å². The molecule has 1 heterocycles. The van der Waals surface area contributed by atoms with Gasteiger partial charge < -0.3 is 16.4 Å². The minimum atomic E-state index is -0.405. The molecule has 0 spiro atoms. The third kappa shape index (κ3) is 3.56. The van der Waals surface area contributed by atoms with Crippen molar-refractivity contribution in [1.82, 2.24) is 10.3 Å². The summed E-state index contributed by atoms with van der Waals surface area (Å²) in [5.41, 5.74) is 7.48. The molecular formula is C15H16N4O2. The Kier molecular flexibility index (Phi) is 4.50. The molecule has 1 aromatic heterocycles. The summed E-state index contributed by atoms with van der Waals surface area (Å²) in [6.45, 7) is 0. The zero-order chi connectivity index (χ0) is 15.2. The summed E-state index contributed by atoms with van der Waals surface area (Å²) >= 11 is 0. The fraction of sp³-hybridized carbons (Fsp3) is 0.133. The van der Waals surface area contributed by atoms with Crippen molar-refractivity contribution in [2.45, 2.75) is 6.42 Å². The Labute approximate surface area is 122 Å². The Morgan fingerprint density at radius 1 is 1.19 bits per heavy atom. The number of hydrogen-bond donors (Lipinski definition) is 3. The van der Waals surface area contributed by atoms with E-state index in [2.05, 4.69) is 15.6 Å². The fourth-order valence-electron chi connectivity index (χ4n) is 1.85. The average Bonchev–Trinajstić information content (AvgIpc) is 2.49. The molecule has 2 rings (SSSR count). The molecule has 0 atom stereocenters. The normalized spacial score (nSPS) is 9.95. The number of hydrogen-bond acceptors (Lipinski definition) is 4. The largest absolute Gasteiger partial charge is 0.397 e. The molecule has 6 heteroatoms. The third-order valence-corrected chi connectivity index (χ3v) is 2.95. The first-order valence-electron chi connectivity index (χ1n) is 6.42. The lowest BCUT2D eigenvalue weighted by Gasteiger charge is -2.11. The number of benzene rings is 1. The quantitative estimate of drug-likeness (QED) is 0.786. The first kappa shape index (κ1) is 14.5. The van der Waals surface area contributed by atoms with E-state index in [-0.39, 0.29) is 18.0 Å². The number of nitrogens with one attached hydrogen (secondary N) is 2. The van der Waals surface area contributed by atoms with Crippen LogP contribution in [0.15, 0.2) is 42.6 Å². The first-order valence-corrected chi connectivity index (χ1v) is 6.42. The van der Waals surface area contributed by atoms with Gasteiger partial charge in [0.1, 0.15) is 0 Å². The van der Waals surface area contributed by atoms with Gasteiger partial charge in [-0.2, -0.15) is 0 Å². The van der Waals surface area contributed by atoms with E-state index in [0.29, 0.717) is 11.4 Å². The second kappa shape index (κ2) is 6.51. The molecule has 0 saturated carbocycles. The van der Waals surface area contributed by atoms with Crippen LogP contribution in [0.1, 0.15) is 16.1 Å². The van der Waals surface area contributed by atoms with E-state index >= 15 is 0 Å². The summed E-state index contributed by atoms with van der Waals surface area (Å²) in [5.74, 6) is -0.536. The van der Waals surface area contributed by atoms with Gasteiger partial charge >= 0.3 is 0 Å². The van der Waals surface area contributed by atoms with E-state index in [1.54, 1.807) is 37.4 Å². The molecule has 0 aliphatic rings. The standard InChI is InChI=1S/C15H16N4O2/c1-17-13(20)9-10-5-2-3-7-12(10)19-15(21)14-11(16)6-4-8-18-14/h2-8H,9,16H2,1H3,(H,17,20)(H,19,21). The number of rotatable bonds is 4. The van der Waals surface area contributed by atoms with Crippen LogP contribution in [0, 0.1) is 0 Å². The number of pyridine rings is 1. The zero-order valence-corrected chi connectivity index (χ0v) is 11.6. The molecule has 0 saturated heterocycles. The SMILES string of the molecule is CNC(=O)Cc1ccccc1NC(=O)c1ncccc1N. The van der Waals surface area contributed by atoms with E-state index in [0.717, 1.165) is 5.56 Å². The number of nitrogens with zero attached hydrogens (tertiary/aromatic N) is 1. The number of nitrogen functional groups attached to an aromatic ring is 1. The molecule has 0 fully saturated rings. The Morgan fingerprint density at radius 3 is 2.67 bits per heavy atom. The second-order valence-electron chi connectivity index (χ2n) is 4.40. The van der Waals surface area contributed by atoms with Crippen LogP contribution in [-0.2, 0) is 11.2 Å². The van der Waals surface area contributed by atoms with Crippen LogP contribution >= 0.6 is 0 Å². The van der Waals surface area contributed by atoms with Crippen molar-refractivity contribution in [2.24, 2.45) is 0 Å². The maximum atomic E-state index is 12.2. The fourth-order valence-corrected chi connectivity index (χ4v) is 1.85. The van der Waals surface area contributed by atoms with E-state index < -0.39 is 5.91 Å². The van der Waals surface area contributed by atoms with Gasteiger partial charge in [-0.25, -0.2) is 4.98 Å². The number of likely N-dealkylation sites (N-methyl/N-ethyl adjacent to an activating group) is 1. The van der Waals surface area contributed by atoms with Crippen LogP contribution in [0.3, 0.4) is 0 Å². The number of amides is 2. The summed E-state index contributed by atoms with van der Waals surface area (Å²) in [7, 11) is 1.57. The molecule has 0 bridgehead atoms. The molecule has 0 aliphatic heterocycles. The Morgan fingerprint density at radius 2 is 1.95 bits per heavy atom. The van der Waals surface area contributed by atoms with Crippen LogP contribution in [0.25, 0.3) is 0 Å². The van der Waals surface area contributed by atoms with Gasteiger partial charge in [-0.05, 0) is 23.8 Å². The highest BCUT2D eigenvalue weighted by Gasteiger charge is 2.13. The average molecular weight is 284 g/mol. The highest BCUT2D eigenvalue weighted by Crippen LogP contribution is 2.17. The predicted octanol–water partition coefficient (Wildman–Crippen LogP) is 1.20. The molecule has 0 unspecified atom stereocenters. The number of aromatic nitrogens is 1. The van der Waals surface area contributed by atoms with Gasteiger partial charge in [0.05, 0.1) is 12.1 Å². The number of anilines is 2. The summed E-state index contributed by atoms with van der Waals surface area (Å²) in [4.78, 5) is 27.6. The summed E-state index contributed by atoms with van der Waals surface area (Å²) in [6, 6.07) is 10.4. The molecule has 108 valence electrons. The van der Waals surface area contributed by atoms with Crippen LogP contribution in [0.5, 0.6) is 0 Å². The van der Waals surface area contributed by atoms with Crippen molar-refractivity contribution >= 4 is 23.2 Å². The number of carbonyl (C=O) groups is 2. The van der Waals surface area contributed by atoms with E-state index in [1.807, 2.05) is 6.07 Å². The summed E-state index contributed by atoms with van der Waals surface area (Å²) in [5, 5.41) is 5.29. The van der Waals surface area contributed by atoms with Crippen molar-refractivity contribution in [3.8, 4) is 0 Å². The van der Waals surface area contributed by atoms with Crippen molar-refractivity contribution in [3.05, 3.63) is 53.9 Å². The number of para-hydroxylation sites is 1. The lowest BCUT2D eigenvalue weighted by molar-refractivity contribution is -0.119. The number of carbonyl (C=O) groups excluding carboxylic acids is 2. The topological polar surface area (TPSA) is 97.1 Å². The van der Waals surface area contributed by atoms with Gasteiger partial charge in [-0.15, -0.1) is 0 Å². The Balaban J connectivity index is 2.22. The molecule has 6 nitrogen and oxygen atoms in total. The van der Waals surface area contributed by atoms with Crippen molar-refractivity contribution in [3.63, 3.8) is 0 Å². The third-order valence-electron chi connectivity index (χ3n) is 2.95. The summed E-state index contributed by atoms with van der Waals surface area (Å²) < 4.78 is 0. The second-order valence-corrected chi connectivity index (χ2v) is 4.40.